The third-order valence-corrected chi connectivity index (χ3v) is 3.39. The van der Waals surface area contributed by atoms with Crippen molar-refractivity contribution >= 4 is 5.69 Å². The topological polar surface area (TPSA) is 7.12 Å². The van der Waals surface area contributed by atoms with E-state index in [4.69, 9.17) is 0 Å². The van der Waals surface area contributed by atoms with Crippen LogP contribution >= 0.6 is 0 Å². The SMILES string of the molecule is CCCCCC(CC)[n+]1ccc(N(C)C)cc1. The molecular formula is C15H27N2+. The van der Waals surface area contributed by atoms with Gasteiger partial charge < -0.3 is 4.90 Å². The molecule has 0 saturated heterocycles. The van der Waals surface area contributed by atoms with Crippen LogP contribution in [0.15, 0.2) is 24.5 Å². The lowest BCUT2D eigenvalue weighted by molar-refractivity contribution is -0.724. The minimum atomic E-state index is 0.665. The predicted molar refractivity (Wildman–Crippen MR) is 74.4 cm³/mol. The summed E-state index contributed by atoms with van der Waals surface area (Å²) in [5, 5.41) is 0. The number of rotatable bonds is 7. The van der Waals surface area contributed by atoms with Crippen LogP contribution in [0.5, 0.6) is 0 Å². The minimum Gasteiger partial charge on any atom is -0.377 e. The number of hydrogen-bond donors (Lipinski definition) is 0. The molecule has 0 fully saturated rings. The smallest absolute Gasteiger partial charge is 0.171 e. The molecular weight excluding hydrogens is 208 g/mol. The van der Waals surface area contributed by atoms with Gasteiger partial charge in [-0.3, -0.25) is 0 Å². The van der Waals surface area contributed by atoms with E-state index in [2.05, 4.69) is 61.9 Å². The van der Waals surface area contributed by atoms with Gasteiger partial charge in [0, 0.05) is 44.8 Å². The molecule has 0 N–H and O–H groups in total. The van der Waals surface area contributed by atoms with Gasteiger partial charge in [0.15, 0.2) is 18.4 Å². The quantitative estimate of drug-likeness (QED) is 0.517. The zero-order valence-electron chi connectivity index (χ0n) is 11.8. The summed E-state index contributed by atoms with van der Waals surface area (Å²) in [6, 6.07) is 5.06. The first-order valence-electron chi connectivity index (χ1n) is 6.87. The summed E-state index contributed by atoms with van der Waals surface area (Å²) >= 11 is 0. The molecule has 0 radical (unpaired) electrons. The Morgan fingerprint density at radius 1 is 1.12 bits per heavy atom. The maximum atomic E-state index is 2.36. The fourth-order valence-corrected chi connectivity index (χ4v) is 2.17. The molecule has 0 aliphatic rings. The Balaban J connectivity index is 2.62. The molecule has 1 heterocycles. The van der Waals surface area contributed by atoms with Crippen LogP contribution in [0.4, 0.5) is 5.69 Å². The van der Waals surface area contributed by atoms with Gasteiger partial charge in [0.25, 0.3) is 0 Å². The van der Waals surface area contributed by atoms with Crippen molar-refractivity contribution < 1.29 is 4.57 Å². The van der Waals surface area contributed by atoms with Gasteiger partial charge in [-0.25, -0.2) is 4.57 Å². The maximum Gasteiger partial charge on any atom is 0.171 e. The Bertz CT molecular complexity index is 303. The Labute approximate surface area is 106 Å². The van der Waals surface area contributed by atoms with E-state index in [0.29, 0.717) is 6.04 Å². The van der Waals surface area contributed by atoms with Crippen LogP contribution in [0.25, 0.3) is 0 Å². The van der Waals surface area contributed by atoms with Crippen molar-refractivity contribution in [1.29, 1.82) is 0 Å². The first-order chi connectivity index (χ1) is 8.19. The Kier molecular flexibility index (Phi) is 6.03. The maximum absolute atomic E-state index is 2.36. The second kappa shape index (κ2) is 7.31. The van der Waals surface area contributed by atoms with Gasteiger partial charge in [-0.2, -0.15) is 0 Å². The molecule has 1 atom stereocenters. The first-order valence-corrected chi connectivity index (χ1v) is 6.87. The van der Waals surface area contributed by atoms with Gasteiger partial charge in [0.05, 0.1) is 0 Å². The summed E-state index contributed by atoms with van der Waals surface area (Å²) in [4.78, 5) is 2.14. The van der Waals surface area contributed by atoms with Crippen molar-refractivity contribution in [3.63, 3.8) is 0 Å². The highest BCUT2D eigenvalue weighted by atomic mass is 15.1. The Morgan fingerprint density at radius 2 is 1.76 bits per heavy atom. The molecule has 1 aromatic rings. The summed E-state index contributed by atoms with van der Waals surface area (Å²) in [5.74, 6) is 0. The van der Waals surface area contributed by atoms with Crippen LogP contribution in [0.1, 0.15) is 52.0 Å². The summed E-state index contributed by atoms with van der Waals surface area (Å²) < 4.78 is 2.36. The lowest BCUT2D eigenvalue weighted by Crippen LogP contribution is -2.38. The largest absolute Gasteiger partial charge is 0.377 e. The average molecular weight is 235 g/mol. The van der Waals surface area contributed by atoms with E-state index in [1.165, 1.54) is 37.8 Å². The molecule has 0 aliphatic carbocycles. The van der Waals surface area contributed by atoms with E-state index < -0.39 is 0 Å². The van der Waals surface area contributed by atoms with E-state index >= 15 is 0 Å². The molecule has 0 bridgehead atoms. The Morgan fingerprint density at radius 3 is 2.24 bits per heavy atom. The summed E-state index contributed by atoms with van der Waals surface area (Å²) in [5.41, 5.74) is 1.27. The van der Waals surface area contributed by atoms with Crippen molar-refractivity contribution in [3.8, 4) is 0 Å². The molecule has 17 heavy (non-hydrogen) atoms. The van der Waals surface area contributed by atoms with Crippen LogP contribution < -0.4 is 9.47 Å². The van der Waals surface area contributed by atoms with Crippen LogP contribution in [0.3, 0.4) is 0 Å². The van der Waals surface area contributed by atoms with Gasteiger partial charge in [-0.15, -0.1) is 0 Å². The van der Waals surface area contributed by atoms with Gasteiger partial charge in [0.1, 0.15) is 0 Å². The highest BCUT2D eigenvalue weighted by molar-refractivity contribution is 5.41. The average Bonchev–Trinajstić information content (AvgIpc) is 2.35. The molecule has 0 aromatic carbocycles. The molecule has 0 saturated carbocycles. The standard InChI is InChI=1S/C15H27N2/c1-5-7-8-9-14(6-2)17-12-10-15(11-13-17)16(3)4/h10-14H,5-9H2,1-4H3/q+1. The van der Waals surface area contributed by atoms with Crippen molar-refractivity contribution in [3.05, 3.63) is 24.5 Å². The van der Waals surface area contributed by atoms with Gasteiger partial charge in [-0.05, 0) is 6.42 Å². The summed E-state index contributed by atoms with van der Waals surface area (Å²) in [6.07, 6.45) is 11.0. The predicted octanol–water partition coefficient (Wildman–Crippen LogP) is 3.57. The highest BCUT2D eigenvalue weighted by Gasteiger charge is 2.15. The fraction of sp³-hybridized carbons (Fsp3) is 0.667. The zero-order chi connectivity index (χ0) is 12.7. The van der Waals surface area contributed by atoms with Crippen molar-refractivity contribution in [2.24, 2.45) is 0 Å². The third-order valence-electron chi connectivity index (χ3n) is 3.39. The van der Waals surface area contributed by atoms with Crippen LogP contribution in [0.2, 0.25) is 0 Å². The second-order valence-corrected chi connectivity index (χ2v) is 4.96. The number of aromatic nitrogens is 1. The van der Waals surface area contributed by atoms with E-state index in [1.54, 1.807) is 0 Å². The molecule has 0 aliphatic heterocycles. The Hall–Kier alpha value is -1.05. The molecule has 2 heteroatoms. The molecule has 96 valence electrons. The number of nitrogens with zero attached hydrogens (tertiary/aromatic N) is 2. The number of pyridine rings is 1. The van der Waals surface area contributed by atoms with Gasteiger partial charge in [-0.1, -0.05) is 26.7 Å². The van der Waals surface area contributed by atoms with Crippen molar-refractivity contribution in [1.82, 2.24) is 0 Å². The van der Waals surface area contributed by atoms with Crippen molar-refractivity contribution in [2.45, 2.75) is 52.0 Å². The van der Waals surface area contributed by atoms with E-state index in [1.807, 2.05) is 0 Å². The normalized spacial score (nSPS) is 12.5. The number of unbranched alkanes of at least 4 members (excludes halogenated alkanes) is 2. The van der Waals surface area contributed by atoms with Crippen LogP contribution in [0, 0.1) is 0 Å². The second-order valence-electron chi connectivity index (χ2n) is 4.96. The van der Waals surface area contributed by atoms with Crippen LogP contribution in [-0.4, -0.2) is 14.1 Å². The lowest BCUT2D eigenvalue weighted by atomic mass is 10.1. The molecule has 0 spiro atoms. The molecule has 2 nitrogen and oxygen atoms in total. The molecule has 1 unspecified atom stereocenters. The van der Waals surface area contributed by atoms with Crippen LogP contribution in [-0.2, 0) is 0 Å². The van der Waals surface area contributed by atoms with E-state index in [-0.39, 0.29) is 0 Å². The first kappa shape index (κ1) is 14.0. The van der Waals surface area contributed by atoms with Gasteiger partial charge >= 0.3 is 0 Å². The van der Waals surface area contributed by atoms with Crippen molar-refractivity contribution in [2.75, 3.05) is 19.0 Å². The summed E-state index contributed by atoms with van der Waals surface area (Å²) in [7, 11) is 4.16. The third kappa shape index (κ3) is 4.37. The number of anilines is 1. The molecule has 1 aromatic heterocycles. The minimum absolute atomic E-state index is 0.665. The summed E-state index contributed by atoms with van der Waals surface area (Å²) in [6.45, 7) is 4.55. The lowest BCUT2D eigenvalue weighted by Gasteiger charge is -2.13. The van der Waals surface area contributed by atoms with Gasteiger partial charge in [0.2, 0.25) is 0 Å². The monoisotopic (exact) mass is 235 g/mol. The fourth-order valence-electron chi connectivity index (χ4n) is 2.17. The van der Waals surface area contributed by atoms with E-state index in [9.17, 15) is 0 Å². The molecule has 1 rings (SSSR count). The molecule has 0 amide bonds. The highest BCUT2D eigenvalue weighted by Crippen LogP contribution is 2.14. The number of hydrogen-bond acceptors (Lipinski definition) is 1. The van der Waals surface area contributed by atoms with E-state index in [0.717, 1.165) is 0 Å². The zero-order valence-corrected chi connectivity index (χ0v) is 11.8.